The van der Waals surface area contributed by atoms with E-state index in [-0.39, 0.29) is 11.8 Å². The van der Waals surface area contributed by atoms with Crippen molar-refractivity contribution in [1.29, 1.82) is 0 Å². The predicted octanol–water partition coefficient (Wildman–Crippen LogP) is 1.38. The molecule has 1 saturated heterocycles. The van der Waals surface area contributed by atoms with Crippen LogP contribution in [0.5, 0.6) is 0 Å². The number of allylic oxidation sites excluding steroid dienone is 2. The molecule has 1 amide bonds. The number of carbonyl (C=O) groups excluding carboxylic acids is 1. The van der Waals surface area contributed by atoms with Crippen LogP contribution < -0.4 is 10.7 Å². The highest BCUT2D eigenvalue weighted by Crippen LogP contribution is 2.23. The van der Waals surface area contributed by atoms with E-state index in [9.17, 15) is 4.79 Å². The van der Waals surface area contributed by atoms with Crippen molar-refractivity contribution in [3.05, 3.63) is 11.6 Å². The maximum atomic E-state index is 11.8. The molecule has 0 aromatic heterocycles. The minimum absolute atomic E-state index is 0.0855. The zero-order chi connectivity index (χ0) is 15.1. The van der Waals surface area contributed by atoms with Gasteiger partial charge >= 0.3 is 0 Å². The van der Waals surface area contributed by atoms with Crippen LogP contribution in [0.25, 0.3) is 0 Å². The molecule has 5 nitrogen and oxygen atoms in total. The van der Waals surface area contributed by atoms with E-state index in [4.69, 9.17) is 0 Å². The molecule has 1 atom stereocenters. The molecule has 0 aliphatic carbocycles. The molecule has 5 heteroatoms. The van der Waals surface area contributed by atoms with E-state index in [1.165, 1.54) is 24.8 Å². The molecule has 0 saturated carbocycles. The monoisotopic (exact) mass is 292 g/mol. The van der Waals surface area contributed by atoms with Crippen molar-refractivity contribution in [1.82, 2.24) is 15.6 Å². The van der Waals surface area contributed by atoms with E-state index in [0.717, 1.165) is 32.1 Å². The first-order valence-corrected chi connectivity index (χ1v) is 8.07. The summed E-state index contributed by atoms with van der Waals surface area (Å²) in [5, 5.41) is 6.88. The predicted molar refractivity (Wildman–Crippen MR) is 86.2 cm³/mol. The Morgan fingerprint density at radius 1 is 1.48 bits per heavy atom. The lowest BCUT2D eigenvalue weighted by atomic mass is 9.90. The molecule has 0 bridgehead atoms. The second-order valence-electron chi connectivity index (χ2n) is 6.16. The molecule has 21 heavy (non-hydrogen) atoms. The first kappa shape index (κ1) is 16.0. The summed E-state index contributed by atoms with van der Waals surface area (Å²) in [5.41, 5.74) is 4.32. The Labute approximate surface area is 127 Å². The summed E-state index contributed by atoms with van der Waals surface area (Å²) in [4.78, 5) is 14.3. The smallest absolute Gasteiger partial charge is 0.230 e. The zero-order valence-electron chi connectivity index (χ0n) is 13.3. The molecule has 2 aliphatic heterocycles. The van der Waals surface area contributed by atoms with Gasteiger partial charge in [-0.25, -0.2) is 0 Å². The van der Waals surface area contributed by atoms with Crippen molar-refractivity contribution in [2.75, 3.05) is 32.7 Å². The van der Waals surface area contributed by atoms with Gasteiger partial charge in [0.25, 0.3) is 0 Å². The zero-order valence-corrected chi connectivity index (χ0v) is 13.3. The average molecular weight is 292 g/mol. The second-order valence-corrected chi connectivity index (χ2v) is 6.16. The van der Waals surface area contributed by atoms with Crippen molar-refractivity contribution in [3.8, 4) is 0 Å². The van der Waals surface area contributed by atoms with E-state index in [1.54, 1.807) is 6.21 Å². The van der Waals surface area contributed by atoms with Gasteiger partial charge in [-0.2, -0.15) is 5.10 Å². The fraction of sp³-hybridized carbons (Fsp3) is 0.750. The lowest BCUT2D eigenvalue weighted by Gasteiger charge is -2.32. The molecule has 2 heterocycles. The van der Waals surface area contributed by atoms with Gasteiger partial charge in [-0.05, 0) is 52.1 Å². The lowest BCUT2D eigenvalue weighted by Crippen LogP contribution is -2.41. The molecule has 2 aliphatic rings. The number of hydrogen-bond donors (Lipinski definition) is 2. The highest BCUT2D eigenvalue weighted by atomic mass is 16.1. The minimum atomic E-state index is -0.0976. The van der Waals surface area contributed by atoms with Crippen LogP contribution in [0.1, 0.15) is 33.1 Å². The van der Waals surface area contributed by atoms with Gasteiger partial charge in [-0.1, -0.05) is 11.6 Å². The first-order chi connectivity index (χ1) is 10.2. The van der Waals surface area contributed by atoms with Crippen LogP contribution in [0.3, 0.4) is 0 Å². The Kier molecular flexibility index (Phi) is 6.23. The number of piperidine rings is 1. The van der Waals surface area contributed by atoms with Crippen LogP contribution in [0.15, 0.2) is 16.8 Å². The molecule has 1 fully saturated rings. The Bertz CT molecular complexity index is 397. The van der Waals surface area contributed by atoms with E-state index in [2.05, 4.69) is 40.7 Å². The minimum Gasteiger partial charge on any atom is -0.354 e. The molecule has 2 N–H and O–H groups in total. The molecule has 0 spiro atoms. The standard InChI is InChI=1S/C16H28N4O/c1-3-13(2)10-14-4-7-20(8-5-14)9-6-17-16(21)15-11-18-19-12-15/h3,11,14-15,19H,4-10,12H2,1-2H3,(H,17,21)/b13-3+. The van der Waals surface area contributed by atoms with Crippen LogP contribution in [0, 0.1) is 11.8 Å². The second kappa shape index (κ2) is 8.17. The van der Waals surface area contributed by atoms with Gasteiger partial charge in [0.15, 0.2) is 0 Å². The van der Waals surface area contributed by atoms with Crippen molar-refractivity contribution >= 4 is 12.1 Å². The molecule has 118 valence electrons. The molecule has 0 radical (unpaired) electrons. The van der Waals surface area contributed by atoms with E-state index in [0.29, 0.717) is 6.54 Å². The summed E-state index contributed by atoms with van der Waals surface area (Å²) < 4.78 is 0. The first-order valence-electron chi connectivity index (χ1n) is 8.07. The number of likely N-dealkylation sites (tertiary alicyclic amines) is 1. The van der Waals surface area contributed by atoms with Crippen molar-refractivity contribution in [2.45, 2.75) is 33.1 Å². The summed E-state index contributed by atoms with van der Waals surface area (Å²) in [6, 6.07) is 0. The van der Waals surface area contributed by atoms with Crippen LogP contribution in [0.4, 0.5) is 0 Å². The maximum absolute atomic E-state index is 11.8. The number of hydrazone groups is 1. The van der Waals surface area contributed by atoms with Gasteiger partial charge in [0, 0.05) is 25.8 Å². The Hall–Kier alpha value is -1.36. The van der Waals surface area contributed by atoms with Gasteiger partial charge in [0.1, 0.15) is 0 Å². The largest absolute Gasteiger partial charge is 0.354 e. The normalized spacial score (nSPS) is 24.1. The molecule has 0 aromatic carbocycles. The van der Waals surface area contributed by atoms with Crippen LogP contribution in [-0.2, 0) is 4.79 Å². The van der Waals surface area contributed by atoms with Crippen molar-refractivity contribution < 1.29 is 4.79 Å². The van der Waals surface area contributed by atoms with Gasteiger partial charge in [-0.3, -0.25) is 4.79 Å². The molecule has 2 rings (SSSR count). The van der Waals surface area contributed by atoms with Crippen LogP contribution in [-0.4, -0.2) is 49.7 Å². The number of rotatable bonds is 6. The third-order valence-electron chi connectivity index (χ3n) is 4.53. The van der Waals surface area contributed by atoms with Crippen LogP contribution >= 0.6 is 0 Å². The summed E-state index contributed by atoms with van der Waals surface area (Å²) in [5.74, 6) is 0.828. The van der Waals surface area contributed by atoms with Crippen LogP contribution in [0.2, 0.25) is 0 Å². The van der Waals surface area contributed by atoms with Gasteiger partial charge < -0.3 is 15.6 Å². The molecular formula is C16H28N4O. The van der Waals surface area contributed by atoms with E-state index >= 15 is 0 Å². The quantitative estimate of drug-likeness (QED) is 0.727. The molecular weight excluding hydrogens is 264 g/mol. The maximum Gasteiger partial charge on any atom is 0.230 e. The van der Waals surface area contributed by atoms with Crippen molar-refractivity contribution in [2.24, 2.45) is 16.9 Å². The highest BCUT2D eigenvalue weighted by Gasteiger charge is 2.21. The molecule has 0 aromatic rings. The number of amides is 1. The number of nitrogens with zero attached hydrogens (tertiary/aromatic N) is 2. The number of hydrogen-bond acceptors (Lipinski definition) is 4. The van der Waals surface area contributed by atoms with Gasteiger partial charge in [0.05, 0.1) is 5.92 Å². The van der Waals surface area contributed by atoms with E-state index < -0.39 is 0 Å². The fourth-order valence-electron chi connectivity index (χ4n) is 2.96. The summed E-state index contributed by atoms with van der Waals surface area (Å²) in [7, 11) is 0. The Morgan fingerprint density at radius 2 is 2.24 bits per heavy atom. The average Bonchev–Trinajstić information content (AvgIpc) is 3.03. The fourth-order valence-corrected chi connectivity index (χ4v) is 2.96. The lowest BCUT2D eigenvalue weighted by molar-refractivity contribution is -0.122. The summed E-state index contributed by atoms with van der Waals surface area (Å²) >= 11 is 0. The third kappa shape index (κ3) is 5.16. The summed E-state index contributed by atoms with van der Waals surface area (Å²) in [6.07, 6.45) is 7.71. The Balaban J connectivity index is 1.58. The topological polar surface area (TPSA) is 56.7 Å². The highest BCUT2D eigenvalue weighted by molar-refractivity contribution is 5.94. The third-order valence-corrected chi connectivity index (χ3v) is 4.53. The van der Waals surface area contributed by atoms with Gasteiger partial charge in [-0.15, -0.1) is 0 Å². The molecule has 1 unspecified atom stereocenters. The van der Waals surface area contributed by atoms with Gasteiger partial charge in [0.2, 0.25) is 5.91 Å². The summed E-state index contributed by atoms with van der Waals surface area (Å²) in [6.45, 7) is 8.98. The van der Waals surface area contributed by atoms with E-state index in [1.807, 2.05) is 0 Å². The number of carbonyl (C=O) groups is 1. The van der Waals surface area contributed by atoms with Crippen molar-refractivity contribution in [3.63, 3.8) is 0 Å². The number of nitrogens with one attached hydrogen (secondary N) is 2. The Morgan fingerprint density at radius 3 is 2.86 bits per heavy atom. The SMILES string of the molecule is C/C=C(\C)CC1CCN(CCNC(=O)C2C=NNC2)CC1.